The third kappa shape index (κ3) is 3.27. The zero-order chi connectivity index (χ0) is 20.2. The Bertz CT molecular complexity index is 794. The summed E-state index contributed by atoms with van der Waals surface area (Å²) < 4.78 is 0. The van der Waals surface area contributed by atoms with Gasteiger partial charge in [-0.2, -0.15) is 0 Å². The quantitative estimate of drug-likeness (QED) is 0.823. The van der Waals surface area contributed by atoms with Gasteiger partial charge in [0.2, 0.25) is 5.91 Å². The van der Waals surface area contributed by atoms with E-state index in [0.29, 0.717) is 23.3 Å². The summed E-state index contributed by atoms with van der Waals surface area (Å²) in [5.41, 5.74) is 7.09. The lowest BCUT2D eigenvalue weighted by Gasteiger charge is -2.63. The topological polar surface area (TPSA) is 75.4 Å². The SMILES string of the molecule is CC1CCN(C(=O)[C@@H](N)C23CC4CC(CC(NC(=O)c5ccccc5)(C4)C2)C3)C1. The minimum atomic E-state index is -0.438. The summed E-state index contributed by atoms with van der Waals surface area (Å²) in [6, 6.07) is 9.04. The van der Waals surface area contributed by atoms with Crippen molar-refractivity contribution in [2.75, 3.05) is 13.1 Å². The van der Waals surface area contributed by atoms with Crippen LogP contribution in [0.3, 0.4) is 0 Å². The van der Waals surface area contributed by atoms with E-state index in [1.54, 1.807) is 0 Å². The van der Waals surface area contributed by atoms with Gasteiger partial charge in [0.15, 0.2) is 0 Å². The molecule has 6 rings (SSSR count). The highest BCUT2D eigenvalue weighted by molar-refractivity contribution is 5.94. The van der Waals surface area contributed by atoms with Gasteiger partial charge >= 0.3 is 0 Å². The van der Waals surface area contributed by atoms with Crippen molar-refractivity contribution < 1.29 is 9.59 Å². The van der Waals surface area contributed by atoms with Crippen LogP contribution in [-0.2, 0) is 4.79 Å². The predicted octanol–water partition coefficient (Wildman–Crippen LogP) is 2.95. The van der Waals surface area contributed by atoms with E-state index in [-0.39, 0.29) is 22.8 Å². The zero-order valence-corrected chi connectivity index (χ0v) is 17.4. The minimum absolute atomic E-state index is 0.0102. The van der Waals surface area contributed by atoms with Crippen molar-refractivity contribution >= 4 is 11.8 Å². The van der Waals surface area contributed by atoms with E-state index in [4.69, 9.17) is 5.73 Å². The molecule has 4 bridgehead atoms. The standard InChI is InChI=1S/C24H33N3O2/c1-16-7-8-27(14-16)22(29)20(25)23-10-17-9-18(11-23)13-24(12-17,15-23)26-21(28)19-5-3-2-4-6-19/h2-6,16-18,20H,7-15,25H2,1H3,(H,26,28)/t16?,17?,18?,20-,23?,24?/m1/s1. The number of nitrogens with two attached hydrogens (primary N) is 1. The molecular weight excluding hydrogens is 362 g/mol. The van der Waals surface area contributed by atoms with Crippen LogP contribution in [0.1, 0.15) is 62.2 Å². The van der Waals surface area contributed by atoms with Crippen LogP contribution in [-0.4, -0.2) is 41.4 Å². The molecule has 0 spiro atoms. The van der Waals surface area contributed by atoms with E-state index in [2.05, 4.69) is 12.2 Å². The Morgan fingerprint density at radius 1 is 1.14 bits per heavy atom. The number of likely N-dealkylation sites (tertiary alicyclic amines) is 1. The third-order valence-electron chi connectivity index (χ3n) is 8.18. The van der Waals surface area contributed by atoms with Gasteiger partial charge in [0.05, 0.1) is 6.04 Å². The van der Waals surface area contributed by atoms with Crippen molar-refractivity contribution in [3.63, 3.8) is 0 Å². The molecule has 5 fully saturated rings. The second-order valence-corrected chi connectivity index (χ2v) is 10.6. The average Bonchev–Trinajstić information content (AvgIpc) is 3.12. The van der Waals surface area contributed by atoms with Crippen LogP contribution >= 0.6 is 0 Å². The zero-order valence-electron chi connectivity index (χ0n) is 17.4. The molecule has 1 aromatic carbocycles. The van der Waals surface area contributed by atoms with Crippen molar-refractivity contribution in [2.45, 2.75) is 63.5 Å². The summed E-state index contributed by atoms with van der Waals surface area (Å²) in [4.78, 5) is 28.2. The van der Waals surface area contributed by atoms with Gasteiger partial charge in [-0.05, 0) is 80.2 Å². The molecule has 1 heterocycles. The van der Waals surface area contributed by atoms with Gasteiger partial charge in [0.1, 0.15) is 0 Å². The van der Waals surface area contributed by atoms with Gasteiger partial charge < -0.3 is 16.0 Å². The minimum Gasteiger partial charge on any atom is -0.347 e. The number of rotatable bonds is 4. The molecule has 0 radical (unpaired) electrons. The first kappa shape index (κ1) is 19.1. The number of amides is 2. The van der Waals surface area contributed by atoms with Crippen molar-refractivity contribution in [3.8, 4) is 0 Å². The van der Waals surface area contributed by atoms with Crippen LogP contribution in [0.15, 0.2) is 30.3 Å². The molecular formula is C24H33N3O2. The van der Waals surface area contributed by atoms with Gasteiger partial charge in [0, 0.05) is 24.2 Å². The number of carbonyl (C=O) groups excluding carboxylic acids is 2. The normalized spacial score (nSPS) is 38.8. The fourth-order valence-corrected chi connectivity index (χ4v) is 7.34. The molecule has 1 saturated heterocycles. The highest BCUT2D eigenvalue weighted by Crippen LogP contribution is 2.62. The highest BCUT2D eigenvalue weighted by Gasteiger charge is 2.61. The lowest BCUT2D eigenvalue weighted by molar-refractivity contribution is -0.144. The number of nitrogens with zero attached hydrogens (tertiary/aromatic N) is 1. The van der Waals surface area contributed by atoms with Crippen molar-refractivity contribution in [2.24, 2.45) is 28.9 Å². The molecule has 5 heteroatoms. The number of hydrogen-bond donors (Lipinski definition) is 2. The van der Waals surface area contributed by atoms with E-state index in [1.165, 1.54) is 6.42 Å². The van der Waals surface area contributed by atoms with Crippen molar-refractivity contribution in [3.05, 3.63) is 35.9 Å². The van der Waals surface area contributed by atoms with Crippen LogP contribution in [0, 0.1) is 23.2 Å². The summed E-state index contributed by atoms with van der Waals surface area (Å²) in [6.45, 7) is 3.88. The molecule has 4 saturated carbocycles. The Morgan fingerprint density at radius 3 is 2.45 bits per heavy atom. The number of carbonyl (C=O) groups is 2. The van der Waals surface area contributed by atoms with Gasteiger partial charge in [-0.1, -0.05) is 25.1 Å². The highest BCUT2D eigenvalue weighted by atomic mass is 16.2. The molecule has 4 aliphatic carbocycles. The molecule has 3 unspecified atom stereocenters. The Morgan fingerprint density at radius 2 is 1.83 bits per heavy atom. The van der Waals surface area contributed by atoms with E-state index in [1.807, 2.05) is 35.2 Å². The van der Waals surface area contributed by atoms with Crippen LogP contribution in [0.4, 0.5) is 0 Å². The van der Waals surface area contributed by atoms with Gasteiger partial charge in [-0.3, -0.25) is 9.59 Å². The average molecular weight is 396 g/mol. The number of hydrogen-bond acceptors (Lipinski definition) is 3. The Balaban J connectivity index is 1.38. The fourth-order valence-electron chi connectivity index (χ4n) is 7.34. The van der Waals surface area contributed by atoms with Crippen LogP contribution in [0.5, 0.6) is 0 Å². The summed E-state index contributed by atoms with van der Waals surface area (Å²) >= 11 is 0. The van der Waals surface area contributed by atoms with Crippen LogP contribution < -0.4 is 11.1 Å². The first-order chi connectivity index (χ1) is 13.9. The van der Waals surface area contributed by atoms with E-state index in [0.717, 1.165) is 51.6 Å². The molecule has 29 heavy (non-hydrogen) atoms. The number of nitrogens with one attached hydrogen (secondary N) is 1. The molecule has 5 aliphatic rings. The lowest BCUT2D eigenvalue weighted by atomic mass is 9.45. The van der Waals surface area contributed by atoms with E-state index >= 15 is 0 Å². The summed E-state index contributed by atoms with van der Waals surface area (Å²) in [5, 5.41) is 3.42. The first-order valence-corrected chi connectivity index (χ1v) is 11.3. The largest absolute Gasteiger partial charge is 0.347 e. The summed E-state index contributed by atoms with van der Waals surface area (Å²) in [5.74, 6) is 1.86. The predicted molar refractivity (Wildman–Crippen MR) is 112 cm³/mol. The monoisotopic (exact) mass is 395 g/mol. The van der Waals surface area contributed by atoms with E-state index < -0.39 is 6.04 Å². The molecule has 0 aromatic heterocycles. The molecule has 2 amide bonds. The van der Waals surface area contributed by atoms with E-state index in [9.17, 15) is 9.59 Å². The molecule has 4 atom stereocenters. The summed E-state index contributed by atoms with van der Waals surface area (Å²) in [7, 11) is 0. The van der Waals surface area contributed by atoms with Crippen molar-refractivity contribution in [1.82, 2.24) is 10.2 Å². The van der Waals surface area contributed by atoms with Gasteiger partial charge in [-0.15, -0.1) is 0 Å². The molecule has 3 N–H and O–H groups in total. The first-order valence-electron chi connectivity index (χ1n) is 11.3. The lowest BCUT2D eigenvalue weighted by Crippen LogP contribution is -2.68. The summed E-state index contributed by atoms with van der Waals surface area (Å²) in [6.07, 6.45) is 7.31. The second kappa shape index (κ2) is 6.83. The Hall–Kier alpha value is -1.88. The maximum Gasteiger partial charge on any atom is 0.251 e. The maximum atomic E-state index is 13.3. The van der Waals surface area contributed by atoms with Gasteiger partial charge in [-0.25, -0.2) is 0 Å². The Kier molecular flexibility index (Phi) is 4.50. The molecule has 1 aliphatic heterocycles. The maximum absolute atomic E-state index is 13.3. The molecule has 1 aromatic rings. The molecule has 5 nitrogen and oxygen atoms in total. The smallest absolute Gasteiger partial charge is 0.251 e. The van der Waals surface area contributed by atoms with Crippen LogP contribution in [0.2, 0.25) is 0 Å². The van der Waals surface area contributed by atoms with Gasteiger partial charge in [0.25, 0.3) is 5.91 Å². The number of benzene rings is 1. The second-order valence-electron chi connectivity index (χ2n) is 10.6. The fraction of sp³-hybridized carbons (Fsp3) is 0.667. The van der Waals surface area contributed by atoms with Crippen LogP contribution in [0.25, 0.3) is 0 Å². The Labute approximate surface area is 173 Å². The third-order valence-corrected chi connectivity index (χ3v) is 8.18. The molecule has 156 valence electrons. The van der Waals surface area contributed by atoms with Crippen molar-refractivity contribution in [1.29, 1.82) is 0 Å².